The van der Waals surface area contributed by atoms with Gasteiger partial charge in [-0.05, 0) is 30.5 Å². The Balaban J connectivity index is 2.52. The van der Waals surface area contributed by atoms with Gasteiger partial charge in [0, 0.05) is 0 Å². The van der Waals surface area contributed by atoms with Crippen LogP contribution in [0.25, 0.3) is 0 Å². The molecule has 1 aromatic rings. The Bertz CT molecular complexity index is 592. The standard InChI is InChI=1S/C12H14O5S/c1-8-7-12(8,11(13)14)18(15,16)10-5-3-4-9(6-10)17-2/h3-6,8H,7H2,1-2H3,(H,13,14). The van der Waals surface area contributed by atoms with Gasteiger partial charge in [0.05, 0.1) is 12.0 Å². The number of carboxylic acid groups (broad SMARTS) is 1. The van der Waals surface area contributed by atoms with Gasteiger partial charge in [0.2, 0.25) is 0 Å². The number of hydrogen-bond donors (Lipinski definition) is 1. The van der Waals surface area contributed by atoms with Gasteiger partial charge in [-0.2, -0.15) is 0 Å². The topological polar surface area (TPSA) is 80.7 Å². The summed E-state index contributed by atoms with van der Waals surface area (Å²) in [5, 5.41) is 9.19. The van der Waals surface area contributed by atoms with Crippen molar-refractivity contribution < 1.29 is 23.1 Å². The fourth-order valence-corrected chi connectivity index (χ4v) is 4.34. The average molecular weight is 270 g/mol. The number of benzene rings is 1. The molecule has 1 aliphatic rings. The van der Waals surface area contributed by atoms with Crippen LogP contribution in [-0.4, -0.2) is 31.4 Å². The van der Waals surface area contributed by atoms with E-state index < -0.39 is 20.6 Å². The minimum atomic E-state index is -3.89. The Morgan fingerprint density at radius 2 is 2.11 bits per heavy atom. The Hall–Kier alpha value is -1.56. The van der Waals surface area contributed by atoms with E-state index in [4.69, 9.17) is 4.74 Å². The number of methoxy groups -OCH3 is 1. The lowest BCUT2D eigenvalue weighted by Gasteiger charge is -2.13. The number of sulfone groups is 1. The number of hydrogen-bond acceptors (Lipinski definition) is 4. The second-order valence-electron chi connectivity index (χ2n) is 4.48. The third-order valence-corrected chi connectivity index (χ3v) is 6.02. The summed E-state index contributed by atoms with van der Waals surface area (Å²) >= 11 is 0. The fourth-order valence-electron chi connectivity index (χ4n) is 2.16. The molecule has 0 bridgehead atoms. The van der Waals surface area contributed by atoms with E-state index in [0.29, 0.717) is 5.75 Å². The lowest BCUT2D eigenvalue weighted by atomic mass is 10.3. The SMILES string of the molecule is COc1cccc(S(=O)(=O)C2(C(=O)O)CC2C)c1. The van der Waals surface area contributed by atoms with Crippen LogP contribution in [-0.2, 0) is 14.6 Å². The Labute approximate surface area is 105 Å². The van der Waals surface area contributed by atoms with Crippen molar-refractivity contribution in [1.29, 1.82) is 0 Å². The van der Waals surface area contributed by atoms with Gasteiger partial charge in [-0.15, -0.1) is 0 Å². The molecule has 98 valence electrons. The molecule has 0 aromatic heterocycles. The number of aliphatic carboxylic acids is 1. The first-order chi connectivity index (χ1) is 8.36. The quantitative estimate of drug-likeness (QED) is 0.892. The predicted molar refractivity (Wildman–Crippen MR) is 64.3 cm³/mol. The third kappa shape index (κ3) is 1.59. The normalized spacial score (nSPS) is 26.7. The molecule has 0 spiro atoms. The summed E-state index contributed by atoms with van der Waals surface area (Å²) in [5.41, 5.74) is 0. The molecule has 0 heterocycles. The molecule has 2 unspecified atom stereocenters. The number of carboxylic acids is 1. The molecular weight excluding hydrogens is 256 g/mol. The van der Waals surface area contributed by atoms with E-state index in [1.165, 1.54) is 25.3 Å². The maximum atomic E-state index is 12.4. The lowest BCUT2D eigenvalue weighted by molar-refractivity contribution is -0.137. The van der Waals surface area contributed by atoms with E-state index in [1.54, 1.807) is 13.0 Å². The zero-order valence-electron chi connectivity index (χ0n) is 10.1. The smallest absolute Gasteiger partial charge is 0.325 e. The molecule has 1 fully saturated rings. The summed E-state index contributed by atoms with van der Waals surface area (Å²) in [6, 6.07) is 5.90. The van der Waals surface area contributed by atoms with Crippen LogP contribution in [0.1, 0.15) is 13.3 Å². The van der Waals surface area contributed by atoms with Crippen molar-refractivity contribution in [2.24, 2.45) is 5.92 Å². The number of rotatable bonds is 4. The first kappa shape index (κ1) is 12.9. The van der Waals surface area contributed by atoms with Crippen LogP contribution in [0.3, 0.4) is 0 Å². The summed E-state index contributed by atoms with van der Waals surface area (Å²) in [7, 11) is -2.46. The molecule has 0 aliphatic heterocycles. The van der Waals surface area contributed by atoms with E-state index in [0.717, 1.165) is 0 Å². The first-order valence-electron chi connectivity index (χ1n) is 5.48. The minimum Gasteiger partial charge on any atom is -0.497 e. The summed E-state index contributed by atoms with van der Waals surface area (Å²) in [6.45, 7) is 1.63. The first-order valence-corrected chi connectivity index (χ1v) is 6.96. The van der Waals surface area contributed by atoms with Crippen LogP contribution in [0.5, 0.6) is 5.75 Å². The average Bonchev–Trinajstić information content (AvgIpc) is 3.03. The van der Waals surface area contributed by atoms with Gasteiger partial charge in [-0.1, -0.05) is 13.0 Å². The van der Waals surface area contributed by atoms with E-state index in [2.05, 4.69) is 0 Å². The maximum absolute atomic E-state index is 12.4. The van der Waals surface area contributed by atoms with Crippen molar-refractivity contribution in [2.75, 3.05) is 7.11 Å². The Morgan fingerprint density at radius 3 is 2.56 bits per heavy atom. The van der Waals surface area contributed by atoms with E-state index in [9.17, 15) is 18.3 Å². The highest BCUT2D eigenvalue weighted by Crippen LogP contribution is 2.52. The van der Waals surface area contributed by atoms with Crippen LogP contribution in [0.15, 0.2) is 29.2 Å². The van der Waals surface area contributed by atoms with Crippen molar-refractivity contribution in [3.63, 3.8) is 0 Å². The highest BCUT2D eigenvalue weighted by Gasteiger charge is 2.67. The molecule has 2 atom stereocenters. The molecule has 1 N–H and O–H groups in total. The molecule has 2 rings (SSSR count). The van der Waals surface area contributed by atoms with Crippen molar-refractivity contribution in [2.45, 2.75) is 23.0 Å². The molecule has 1 aliphatic carbocycles. The van der Waals surface area contributed by atoms with Crippen molar-refractivity contribution in [3.05, 3.63) is 24.3 Å². The summed E-state index contributed by atoms with van der Waals surface area (Å²) in [4.78, 5) is 11.3. The summed E-state index contributed by atoms with van der Waals surface area (Å²) in [6.07, 6.45) is 0.155. The second-order valence-corrected chi connectivity index (χ2v) is 6.69. The molecule has 0 radical (unpaired) electrons. The van der Waals surface area contributed by atoms with Crippen molar-refractivity contribution in [1.82, 2.24) is 0 Å². The molecule has 1 saturated carbocycles. The third-order valence-electron chi connectivity index (χ3n) is 3.44. The van der Waals surface area contributed by atoms with Gasteiger partial charge >= 0.3 is 5.97 Å². The van der Waals surface area contributed by atoms with Crippen molar-refractivity contribution in [3.8, 4) is 5.75 Å². The van der Waals surface area contributed by atoms with Gasteiger partial charge in [0.25, 0.3) is 0 Å². The van der Waals surface area contributed by atoms with E-state index in [-0.39, 0.29) is 17.2 Å². The zero-order valence-corrected chi connectivity index (χ0v) is 10.9. The largest absolute Gasteiger partial charge is 0.497 e. The number of ether oxygens (including phenoxy) is 1. The molecule has 0 amide bonds. The molecule has 1 aromatic carbocycles. The van der Waals surface area contributed by atoms with Crippen LogP contribution >= 0.6 is 0 Å². The lowest BCUT2D eigenvalue weighted by Crippen LogP contribution is -2.34. The van der Waals surface area contributed by atoms with Gasteiger partial charge in [0.1, 0.15) is 5.75 Å². The van der Waals surface area contributed by atoms with Gasteiger partial charge < -0.3 is 9.84 Å². The molecule has 0 saturated heterocycles. The molecule has 18 heavy (non-hydrogen) atoms. The van der Waals surface area contributed by atoms with Crippen LogP contribution in [0.2, 0.25) is 0 Å². The van der Waals surface area contributed by atoms with E-state index >= 15 is 0 Å². The van der Waals surface area contributed by atoms with Crippen molar-refractivity contribution >= 4 is 15.8 Å². The zero-order chi connectivity index (χ0) is 13.6. The Morgan fingerprint density at radius 1 is 1.50 bits per heavy atom. The number of carbonyl (C=O) groups is 1. The van der Waals surface area contributed by atoms with Crippen LogP contribution in [0.4, 0.5) is 0 Å². The second kappa shape index (κ2) is 3.98. The molecule has 5 nitrogen and oxygen atoms in total. The summed E-state index contributed by atoms with van der Waals surface area (Å²) < 4.78 is 28.1. The highest BCUT2D eigenvalue weighted by atomic mass is 32.2. The predicted octanol–water partition coefficient (Wildman–Crippen LogP) is 1.33. The van der Waals surface area contributed by atoms with Gasteiger partial charge in [-0.25, -0.2) is 8.42 Å². The highest BCUT2D eigenvalue weighted by molar-refractivity contribution is 7.94. The van der Waals surface area contributed by atoms with Gasteiger partial charge in [0.15, 0.2) is 14.6 Å². The van der Waals surface area contributed by atoms with Crippen LogP contribution in [0, 0.1) is 5.92 Å². The fraction of sp³-hybridized carbons (Fsp3) is 0.417. The Kier molecular flexibility index (Phi) is 2.85. The van der Waals surface area contributed by atoms with Gasteiger partial charge in [-0.3, -0.25) is 4.79 Å². The minimum absolute atomic E-state index is 0.00593. The molecule has 6 heteroatoms. The molecular formula is C12H14O5S. The maximum Gasteiger partial charge on any atom is 0.325 e. The van der Waals surface area contributed by atoms with E-state index in [1.807, 2.05) is 0 Å². The summed E-state index contributed by atoms with van der Waals surface area (Å²) in [5.74, 6) is -1.26. The monoisotopic (exact) mass is 270 g/mol. The van der Waals surface area contributed by atoms with Crippen LogP contribution < -0.4 is 4.74 Å².